The number of nitrogens with zero attached hydrogens (tertiary/aromatic N) is 1. The maximum atomic E-state index is 13.1. The van der Waals surface area contributed by atoms with Gasteiger partial charge < -0.3 is 20.1 Å². The average Bonchev–Trinajstić information content (AvgIpc) is 3.31. The van der Waals surface area contributed by atoms with Crippen LogP contribution in [0.25, 0.3) is 0 Å². The number of carbonyl (C=O) groups excluding carboxylic acids is 2. The van der Waals surface area contributed by atoms with Crippen molar-refractivity contribution in [2.24, 2.45) is 0 Å². The number of alkyl halides is 3. The largest absolute Gasteiger partial charge is 0.489 e. The number of ether oxygens (including phenoxy) is 2. The van der Waals surface area contributed by atoms with Gasteiger partial charge in [0.15, 0.2) is 5.13 Å². The summed E-state index contributed by atoms with van der Waals surface area (Å²) in [5, 5.41) is 6.44. The molecule has 0 saturated carbocycles. The molecule has 1 aromatic carbocycles. The van der Waals surface area contributed by atoms with E-state index in [1.807, 2.05) is 0 Å². The van der Waals surface area contributed by atoms with E-state index in [1.165, 1.54) is 12.3 Å². The molecule has 1 atom stereocenters. The van der Waals surface area contributed by atoms with Crippen LogP contribution in [0.5, 0.6) is 5.75 Å². The highest BCUT2D eigenvalue weighted by atomic mass is 32.1. The maximum absolute atomic E-state index is 13.1. The number of hydrogen-bond acceptors (Lipinski definition) is 6. The van der Waals surface area contributed by atoms with E-state index in [2.05, 4.69) is 15.6 Å². The van der Waals surface area contributed by atoms with Crippen molar-refractivity contribution >= 4 is 34.0 Å². The van der Waals surface area contributed by atoms with Crippen molar-refractivity contribution in [2.45, 2.75) is 32.0 Å². The second-order valence-corrected chi connectivity index (χ2v) is 7.19. The third kappa shape index (κ3) is 5.67. The highest BCUT2D eigenvalue weighted by molar-refractivity contribution is 7.14. The fourth-order valence-electron chi connectivity index (χ4n) is 2.66. The summed E-state index contributed by atoms with van der Waals surface area (Å²) in [4.78, 5) is 27.5. The zero-order valence-corrected chi connectivity index (χ0v) is 16.2. The van der Waals surface area contributed by atoms with E-state index in [-0.39, 0.29) is 40.9 Å². The molecule has 7 nitrogen and oxygen atoms in total. The fraction of sp³-hybridized carbons (Fsp3) is 0.389. The minimum absolute atomic E-state index is 0.0405. The molecule has 2 aromatic rings. The van der Waals surface area contributed by atoms with Crippen molar-refractivity contribution in [1.29, 1.82) is 0 Å². The van der Waals surface area contributed by atoms with Gasteiger partial charge in [-0.3, -0.25) is 9.59 Å². The molecule has 0 spiro atoms. The lowest BCUT2D eigenvalue weighted by Gasteiger charge is -2.17. The number of amides is 2. The van der Waals surface area contributed by atoms with Gasteiger partial charge in [0, 0.05) is 18.9 Å². The van der Waals surface area contributed by atoms with Gasteiger partial charge in [-0.2, -0.15) is 13.2 Å². The first kappa shape index (κ1) is 21.1. The SMILES string of the molecule is CC(=O)Nc1nc(C(=O)Nc2cc(C(F)(F)F)ccc2OC[C@H]2CCCO2)cs1. The predicted molar refractivity (Wildman–Crippen MR) is 100 cm³/mol. The lowest BCUT2D eigenvalue weighted by Crippen LogP contribution is -2.19. The van der Waals surface area contributed by atoms with Gasteiger partial charge in [0.25, 0.3) is 5.91 Å². The molecular weight excluding hydrogens is 411 g/mol. The minimum atomic E-state index is -4.58. The highest BCUT2D eigenvalue weighted by Gasteiger charge is 2.31. The summed E-state index contributed by atoms with van der Waals surface area (Å²) in [5.74, 6) is -0.979. The summed E-state index contributed by atoms with van der Waals surface area (Å²) in [6.07, 6.45) is -3.02. The molecule has 11 heteroatoms. The van der Waals surface area contributed by atoms with E-state index in [9.17, 15) is 22.8 Å². The summed E-state index contributed by atoms with van der Waals surface area (Å²) < 4.78 is 50.3. The van der Waals surface area contributed by atoms with E-state index in [4.69, 9.17) is 9.47 Å². The first-order chi connectivity index (χ1) is 13.7. The Kier molecular flexibility index (Phi) is 6.38. The third-order valence-corrected chi connectivity index (χ3v) is 4.78. The summed E-state index contributed by atoms with van der Waals surface area (Å²) in [6.45, 7) is 2.07. The Balaban J connectivity index is 1.79. The number of aromatic nitrogens is 1. The Morgan fingerprint density at radius 2 is 2.14 bits per heavy atom. The van der Waals surface area contributed by atoms with Gasteiger partial charge in [-0.05, 0) is 31.0 Å². The second kappa shape index (κ2) is 8.78. The molecule has 3 rings (SSSR count). The Labute approximate surface area is 168 Å². The summed E-state index contributed by atoms with van der Waals surface area (Å²) >= 11 is 1.02. The quantitative estimate of drug-likeness (QED) is 0.726. The Bertz CT molecular complexity index is 895. The molecule has 1 saturated heterocycles. The molecule has 0 aliphatic carbocycles. The van der Waals surface area contributed by atoms with Gasteiger partial charge in [-0.25, -0.2) is 4.98 Å². The molecule has 0 bridgehead atoms. The van der Waals surface area contributed by atoms with Crippen molar-refractivity contribution in [3.05, 3.63) is 34.8 Å². The van der Waals surface area contributed by atoms with Crippen molar-refractivity contribution in [3.8, 4) is 5.75 Å². The van der Waals surface area contributed by atoms with E-state index in [0.29, 0.717) is 6.61 Å². The van der Waals surface area contributed by atoms with Gasteiger partial charge in [0.2, 0.25) is 5.91 Å². The molecule has 1 aromatic heterocycles. The maximum Gasteiger partial charge on any atom is 0.416 e. The number of carbonyl (C=O) groups is 2. The Hall–Kier alpha value is -2.66. The Morgan fingerprint density at radius 1 is 1.34 bits per heavy atom. The van der Waals surface area contributed by atoms with Crippen LogP contribution in [-0.2, 0) is 15.7 Å². The molecule has 2 heterocycles. The van der Waals surface area contributed by atoms with E-state index < -0.39 is 17.6 Å². The van der Waals surface area contributed by atoms with Crippen molar-refractivity contribution in [3.63, 3.8) is 0 Å². The van der Waals surface area contributed by atoms with Gasteiger partial charge >= 0.3 is 6.18 Å². The predicted octanol–water partition coefficient (Wildman–Crippen LogP) is 3.93. The van der Waals surface area contributed by atoms with Crippen molar-refractivity contribution in [2.75, 3.05) is 23.8 Å². The molecule has 2 amide bonds. The first-order valence-electron chi connectivity index (χ1n) is 8.72. The van der Waals surface area contributed by atoms with Crippen molar-refractivity contribution in [1.82, 2.24) is 4.98 Å². The van der Waals surface area contributed by atoms with Gasteiger partial charge in [-0.1, -0.05) is 0 Å². The summed E-state index contributed by atoms with van der Waals surface area (Å²) in [5.41, 5.74) is -1.09. The monoisotopic (exact) mass is 429 g/mol. The third-order valence-electron chi connectivity index (χ3n) is 4.02. The number of thiazole rings is 1. The van der Waals surface area contributed by atoms with Crippen LogP contribution in [-0.4, -0.2) is 36.1 Å². The lowest BCUT2D eigenvalue weighted by atomic mass is 10.1. The number of rotatable bonds is 6. The van der Waals surface area contributed by atoms with Crippen molar-refractivity contribution < 1.29 is 32.2 Å². The normalized spacial score (nSPS) is 16.5. The van der Waals surface area contributed by atoms with Gasteiger partial charge in [0.1, 0.15) is 18.1 Å². The highest BCUT2D eigenvalue weighted by Crippen LogP contribution is 2.35. The number of halogens is 3. The zero-order chi connectivity index (χ0) is 21.0. The van der Waals surface area contributed by atoms with Crippen LogP contribution in [0, 0.1) is 0 Å². The Morgan fingerprint density at radius 3 is 2.79 bits per heavy atom. The molecule has 0 unspecified atom stereocenters. The molecule has 1 fully saturated rings. The molecule has 1 aliphatic heterocycles. The first-order valence-corrected chi connectivity index (χ1v) is 9.60. The number of nitrogens with one attached hydrogen (secondary N) is 2. The second-order valence-electron chi connectivity index (χ2n) is 6.33. The smallest absolute Gasteiger partial charge is 0.416 e. The topological polar surface area (TPSA) is 89.6 Å². The van der Waals surface area contributed by atoms with Crippen LogP contribution in [0.15, 0.2) is 23.6 Å². The number of hydrogen-bond donors (Lipinski definition) is 2. The van der Waals surface area contributed by atoms with E-state index >= 15 is 0 Å². The molecule has 29 heavy (non-hydrogen) atoms. The van der Waals surface area contributed by atoms with Crippen LogP contribution in [0.1, 0.15) is 35.8 Å². The van der Waals surface area contributed by atoms with E-state index in [0.717, 1.165) is 42.4 Å². The summed E-state index contributed by atoms with van der Waals surface area (Å²) in [7, 11) is 0. The van der Waals surface area contributed by atoms with Crippen LogP contribution < -0.4 is 15.4 Å². The zero-order valence-electron chi connectivity index (χ0n) is 15.3. The molecule has 2 N–H and O–H groups in total. The van der Waals surface area contributed by atoms with Crippen LogP contribution in [0.2, 0.25) is 0 Å². The summed E-state index contributed by atoms with van der Waals surface area (Å²) in [6, 6.07) is 2.86. The van der Waals surface area contributed by atoms with E-state index in [1.54, 1.807) is 0 Å². The van der Waals surface area contributed by atoms with Gasteiger partial charge in [-0.15, -0.1) is 11.3 Å². The minimum Gasteiger partial charge on any atom is -0.489 e. The van der Waals surface area contributed by atoms with Gasteiger partial charge in [0.05, 0.1) is 17.4 Å². The molecule has 156 valence electrons. The number of benzene rings is 1. The van der Waals surface area contributed by atoms with Crippen LogP contribution in [0.3, 0.4) is 0 Å². The lowest BCUT2D eigenvalue weighted by molar-refractivity contribution is -0.137. The average molecular weight is 429 g/mol. The van der Waals surface area contributed by atoms with Crippen LogP contribution >= 0.6 is 11.3 Å². The number of anilines is 2. The molecule has 1 aliphatic rings. The standard InChI is InChI=1S/C18H18F3N3O4S/c1-10(25)22-17-24-14(9-29-17)16(26)23-13-7-11(18(19,20)21)4-5-15(13)28-8-12-3-2-6-27-12/h4-5,7,9,12H,2-3,6,8H2,1H3,(H,23,26)(H,22,24,25)/t12-/m1/s1. The molecular formula is C18H18F3N3O4S. The molecule has 0 radical (unpaired) electrons. The van der Waals surface area contributed by atoms with Crippen LogP contribution in [0.4, 0.5) is 24.0 Å². The fourth-order valence-corrected chi connectivity index (χ4v) is 3.40.